The molecule has 0 radical (unpaired) electrons. The lowest BCUT2D eigenvalue weighted by Crippen LogP contribution is -2.30. The Kier molecular flexibility index (Phi) is 4.67. The van der Waals surface area contributed by atoms with Crippen molar-refractivity contribution in [3.05, 3.63) is 71.5 Å². The van der Waals surface area contributed by atoms with Crippen molar-refractivity contribution in [3.8, 4) is 5.75 Å². The Labute approximate surface area is 144 Å². The Hall–Kier alpha value is -2.59. The number of hydrogen-bond donors (Lipinski definition) is 1. The van der Waals surface area contributed by atoms with Crippen LogP contribution in [0, 0.1) is 5.82 Å². The lowest BCUT2D eigenvalue weighted by atomic mass is 10.1. The number of ether oxygens (including phenoxy) is 1. The molecule has 0 fully saturated rings. The predicted octanol–water partition coefficient (Wildman–Crippen LogP) is 5.04. The van der Waals surface area contributed by atoms with Gasteiger partial charge < -0.3 is 10.1 Å². The molecule has 1 amide bonds. The molecule has 1 atom stereocenters. The third-order valence-electron chi connectivity index (χ3n) is 3.58. The molecule has 1 N–H and O–H groups in total. The Morgan fingerprint density at radius 1 is 1.08 bits per heavy atom. The van der Waals surface area contributed by atoms with E-state index in [9.17, 15) is 9.18 Å². The standard InChI is InChI=1S/C19H15ClFNO2/c1-12(24-18-9-7-15(21)11-17(18)20)19(23)22-16-8-6-13-4-2-3-5-14(13)10-16/h2-12H,1H3,(H,22,23). The molecule has 24 heavy (non-hydrogen) atoms. The monoisotopic (exact) mass is 343 g/mol. The van der Waals surface area contributed by atoms with Gasteiger partial charge >= 0.3 is 0 Å². The molecule has 0 saturated carbocycles. The Morgan fingerprint density at radius 2 is 1.83 bits per heavy atom. The van der Waals surface area contributed by atoms with Crippen molar-refractivity contribution < 1.29 is 13.9 Å². The average molecular weight is 344 g/mol. The van der Waals surface area contributed by atoms with Crippen molar-refractivity contribution in [2.75, 3.05) is 5.32 Å². The van der Waals surface area contributed by atoms with Crippen LogP contribution in [0.2, 0.25) is 5.02 Å². The molecular weight excluding hydrogens is 329 g/mol. The Bertz CT molecular complexity index is 897. The molecule has 5 heteroatoms. The first-order chi connectivity index (χ1) is 11.5. The first kappa shape index (κ1) is 16.3. The summed E-state index contributed by atoms with van der Waals surface area (Å²) in [5.74, 6) is -0.509. The van der Waals surface area contributed by atoms with Gasteiger partial charge in [-0.15, -0.1) is 0 Å². The van der Waals surface area contributed by atoms with Crippen LogP contribution in [0.4, 0.5) is 10.1 Å². The summed E-state index contributed by atoms with van der Waals surface area (Å²) in [7, 11) is 0. The maximum absolute atomic E-state index is 13.0. The van der Waals surface area contributed by atoms with E-state index in [-0.39, 0.29) is 16.7 Å². The van der Waals surface area contributed by atoms with E-state index >= 15 is 0 Å². The van der Waals surface area contributed by atoms with Gasteiger partial charge in [-0.05, 0) is 48.0 Å². The zero-order valence-corrected chi connectivity index (χ0v) is 13.7. The second-order valence-electron chi connectivity index (χ2n) is 5.39. The van der Waals surface area contributed by atoms with Crippen LogP contribution in [0.25, 0.3) is 10.8 Å². The summed E-state index contributed by atoms with van der Waals surface area (Å²) < 4.78 is 18.6. The summed E-state index contributed by atoms with van der Waals surface area (Å²) in [4.78, 5) is 12.3. The molecule has 0 aromatic heterocycles. The number of carbonyl (C=O) groups is 1. The number of benzene rings is 3. The minimum Gasteiger partial charge on any atom is -0.479 e. The van der Waals surface area contributed by atoms with Crippen LogP contribution in [0.5, 0.6) is 5.75 Å². The molecule has 3 aromatic rings. The van der Waals surface area contributed by atoms with Gasteiger partial charge in [0.05, 0.1) is 5.02 Å². The fourth-order valence-corrected chi connectivity index (χ4v) is 2.54. The highest BCUT2D eigenvalue weighted by molar-refractivity contribution is 6.32. The molecule has 3 nitrogen and oxygen atoms in total. The Morgan fingerprint density at radius 3 is 2.58 bits per heavy atom. The molecule has 0 heterocycles. The van der Waals surface area contributed by atoms with E-state index in [1.165, 1.54) is 12.1 Å². The summed E-state index contributed by atoms with van der Waals surface area (Å²) >= 11 is 5.91. The number of nitrogens with one attached hydrogen (secondary N) is 1. The van der Waals surface area contributed by atoms with E-state index in [0.29, 0.717) is 5.69 Å². The van der Waals surface area contributed by atoms with E-state index in [2.05, 4.69) is 5.32 Å². The third-order valence-corrected chi connectivity index (χ3v) is 3.88. The second kappa shape index (κ2) is 6.89. The van der Waals surface area contributed by atoms with Crippen molar-refractivity contribution in [2.24, 2.45) is 0 Å². The topological polar surface area (TPSA) is 38.3 Å². The number of anilines is 1. The number of halogens is 2. The van der Waals surface area contributed by atoms with E-state index in [1.807, 2.05) is 42.5 Å². The summed E-state index contributed by atoms with van der Waals surface area (Å²) in [6, 6.07) is 17.3. The van der Waals surface area contributed by atoms with Gasteiger partial charge in [-0.2, -0.15) is 0 Å². The Balaban J connectivity index is 1.70. The second-order valence-corrected chi connectivity index (χ2v) is 5.79. The average Bonchev–Trinajstić information content (AvgIpc) is 2.57. The van der Waals surface area contributed by atoms with Gasteiger partial charge in [0.2, 0.25) is 0 Å². The highest BCUT2D eigenvalue weighted by Crippen LogP contribution is 2.26. The normalized spacial score (nSPS) is 12.0. The quantitative estimate of drug-likeness (QED) is 0.720. The maximum Gasteiger partial charge on any atom is 0.265 e. The lowest BCUT2D eigenvalue weighted by Gasteiger charge is -2.16. The number of hydrogen-bond acceptors (Lipinski definition) is 2. The largest absolute Gasteiger partial charge is 0.479 e. The fourth-order valence-electron chi connectivity index (χ4n) is 2.33. The smallest absolute Gasteiger partial charge is 0.265 e. The van der Waals surface area contributed by atoms with Crippen LogP contribution in [0.15, 0.2) is 60.7 Å². The third kappa shape index (κ3) is 3.66. The van der Waals surface area contributed by atoms with Crippen LogP contribution in [0.3, 0.4) is 0 Å². The summed E-state index contributed by atoms with van der Waals surface area (Å²) in [5.41, 5.74) is 0.680. The fraction of sp³-hybridized carbons (Fsp3) is 0.105. The number of rotatable bonds is 4. The molecule has 0 aliphatic rings. The summed E-state index contributed by atoms with van der Waals surface area (Å²) in [5, 5.41) is 5.06. The molecular formula is C19H15ClFNO2. The van der Waals surface area contributed by atoms with E-state index in [0.717, 1.165) is 16.8 Å². The van der Waals surface area contributed by atoms with Crippen molar-refractivity contribution in [1.82, 2.24) is 0 Å². The predicted molar refractivity (Wildman–Crippen MR) is 94.1 cm³/mol. The van der Waals surface area contributed by atoms with Gasteiger partial charge in [-0.1, -0.05) is 41.9 Å². The molecule has 0 aliphatic carbocycles. The van der Waals surface area contributed by atoms with Gasteiger partial charge in [0, 0.05) is 5.69 Å². The van der Waals surface area contributed by atoms with Crippen molar-refractivity contribution in [1.29, 1.82) is 0 Å². The first-order valence-electron chi connectivity index (χ1n) is 7.44. The molecule has 1 unspecified atom stereocenters. The zero-order valence-electron chi connectivity index (χ0n) is 12.9. The SMILES string of the molecule is CC(Oc1ccc(F)cc1Cl)C(=O)Nc1ccc2ccccc2c1. The lowest BCUT2D eigenvalue weighted by molar-refractivity contribution is -0.122. The molecule has 3 aromatic carbocycles. The minimum absolute atomic E-state index is 0.125. The molecule has 0 aliphatic heterocycles. The van der Waals surface area contributed by atoms with E-state index < -0.39 is 11.9 Å². The van der Waals surface area contributed by atoms with Gasteiger partial charge in [0.1, 0.15) is 11.6 Å². The van der Waals surface area contributed by atoms with Crippen molar-refractivity contribution in [2.45, 2.75) is 13.0 Å². The highest BCUT2D eigenvalue weighted by Gasteiger charge is 2.16. The van der Waals surface area contributed by atoms with E-state index in [4.69, 9.17) is 16.3 Å². The molecule has 122 valence electrons. The van der Waals surface area contributed by atoms with Crippen LogP contribution < -0.4 is 10.1 Å². The maximum atomic E-state index is 13.0. The van der Waals surface area contributed by atoms with Crippen LogP contribution >= 0.6 is 11.6 Å². The van der Waals surface area contributed by atoms with Crippen LogP contribution in [0.1, 0.15) is 6.92 Å². The van der Waals surface area contributed by atoms with Crippen molar-refractivity contribution >= 4 is 34.0 Å². The van der Waals surface area contributed by atoms with Gasteiger partial charge in [-0.25, -0.2) is 4.39 Å². The zero-order chi connectivity index (χ0) is 17.1. The number of carbonyl (C=O) groups excluding carboxylic acids is 1. The minimum atomic E-state index is -0.778. The van der Waals surface area contributed by atoms with Gasteiger partial charge in [0.15, 0.2) is 6.10 Å². The van der Waals surface area contributed by atoms with E-state index in [1.54, 1.807) is 6.92 Å². The van der Waals surface area contributed by atoms with Crippen molar-refractivity contribution in [3.63, 3.8) is 0 Å². The summed E-state index contributed by atoms with van der Waals surface area (Å²) in [6.45, 7) is 1.61. The molecule has 0 saturated heterocycles. The highest BCUT2D eigenvalue weighted by atomic mass is 35.5. The molecule has 0 bridgehead atoms. The molecule has 0 spiro atoms. The van der Waals surface area contributed by atoms with Gasteiger partial charge in [-0.3, -0.25) is 4.79 Å². The van der Waals surface area contributed by atoms with Crippen LogP contribution in [-0.2, 0) is 4.79 Å². The summed E-state index contributed by atoms with van der Waals surface area (Å²) in [6.07, 6.45) is -0.778. The first-order valence-corrected chi connectivity index (χ1v) is 7.82. The number of fused-ring (bicyclic) bond motifs is 1. The van der Waals surface area contributed by atoms with Gasteiger partial charge in [0.25, 0.3) is 5.91 Å². The molecule has 3 rings (SSSR count). The van der Waals surface area contributed by atoms with Crippen LogP contribution in [-0.4, -0.2) is 12.0 Å². The number of amides is 1.